The molecule has 4 aliphatic rings. The molecule has 1 aliphatic carbocycles. The zero-order valence-corrected chi connectivity index (χ0v) is 34.2. The van der Waals surface area contributed by atoms with Gasteiger partial charge in [0.1, 0.15) is 12.1 Å². The lowest BCUT2D eigenvalue weighted by molar-refractivity contribution is -0.155. The first-order valence-corrected chi connectivity index (χ1v) is 20.7. The quantitative estimate of drug-likeness (QED) is 0.263. The van der Waals surface area contributed by atoms with E-state index >= 15 is 0 Å². The fourth-order valence-corrected chi connectivity index (χ4v) is 9.50. The number of esters is 1. The third-order valence-electron chi connectivity index (χ3n) is 12.1. The summed E-state index contributed by atoms with van der Waals surface area (Å²) < 4.78 is 20.1. The number of carbonyl (C=O) groups is 3. The number of carbonyl (C=O) groups excluding carboxylic acids is 3. The molecule has 5 heterocycles. The summed E-state index contributed by atoms with van der Waals surface area (Å²) in [5.74, 6) is 0.401. The number of methoxy groups -OCH3 is 2. The molecule has 1 aromatic carbocycles. The van der Waals surface area contributed by atoms with E-state index in [4.69, 9.17) is 24.2 Å². The largest absolute Gasteiger partial charge is 0.464 e. The summed E-state index contributed by atoms with van der Waals surface area (Å²) in [5.41, 5.74) is 8.85. The second-order valence-electron chi connectivity index (χ2n) is 16.7. The van der Waals surface area contributed by atoms with Crippen LogP contribution >= 0.6 is 11.8 Å². The van der Waals surface area contributed by atoms with Gasteiger partial charge in [0.25, 0.3) is 5.91 Å². The Labute approximate surface area is 328 Å². The molecule has 0 radical (unpaired) electrons. The summed E-state index contributed by atoms with van der Waals surface area (Å²) in [5, 5.41) is 6.53. The fraction of sp³-hybridized carbons (Fsp3) is 0.595. The SMILES string of the molecule is CO[C@@H](C)c1ncccc1-c1c2c3cc(ccc3n1C[C@H](C)OC)C1CSC(=N1)C[C@H](NC(=O)[C@H]1[C@H](C)[C@@H]1C)C(=O)N1CCC[C@H](N1)C(=O)OCC(C)(C)C2. The molecule has 2 amide bonds. The number of thioether (sulfide) groups is 1. The van der Waals surface area contributed by atoms with Crippen molar-refractivity contribution in [3.63, 3.8) is 0 Å². The van der Waals surface area contributed by atoms with Crippen LogP contribution in [0, 0.1) is 23.2 Å². The number of benzene rings is 1. The lowest BCUT2D eigenvalue weighted by Crippen LogP contribution is -2.60. The molecule has 8 atom stereocenters. The Hall–Kier alpha value is -3.78. The van der Waals surface area contributed by atoms with Gasteiger partial charge in [-0.15, -0.1) is 11.8 Å². The Morgan fingerprint density at radius 1 is 1.15 bits per heavy atom. The van der Waals surface area contributed by atoms with Gasteiger partial charge in [-0.05, 0) is 80.3 Å². The minimum Gasteiger partial charge on any atom is -0.464 e. The minimum atomic E-state index is -0.811. The van der Waals surface area contributed by atoms with Gasteiger partial charge in [-0.3, -0.25) is 29.4 Å². The number of nitrogens with zero attached hydrogens (tertiary/aromatic N) is 4. The number of hydrazine groups is 1. The van der Waals surface area contributed by atoms with Crippen LogP contribution in [0.1, 0.15) is 89.8 Å². The maximum atomic E-state index is 14.2. The van der Waals surface area contributed by atoms with Crippen molar-refractivity contribution in [3.05, 3.63) is 53.3 Å². The molecule has 1 unspecified atom stereocenters. The van der Waals surface area contributed by atoms with Crippen molar-refractivity contribution in [2.45, 2.75) is 104 Å². The Morgan fingerprint density at radius 3 is 2.65 bits per heavy atom. The number of amides is 2. The number of hydrogen-bond donors (Lipinski definition) is 2. The molecule has 6 bridgehead atoms. The van der Waals surface area contributed by atoms with Gasteiger partial charge in [0, 0.05) is 73.5 Å². The standard InChI is InChI=1S/C42H56N6O6S/c1-23(52-7)20-47-34-14-13-27-17-29(34)30(38(47)28-11-9-15-43-37(28)26(4)53-8)19-42(5,6)22-54-41(51)31-12-10-16-48(46-31)40(50)32(18-35-44-33(27)21-55-35)45-39(49)36-24(2)25(36)3/h9,11,13-15,17,23-26,31-33,36,46H,10,12,16,18-22H2,1-8H3,(H,45,49)/t23-,24-,25+,26-,31-,32-,33?,36+/m0/s1. The molecule has 13 heteroatoms. The number of rotatable bonds is 8. The molecule has 2 N–H and O–H groups in total. The Bertz CT molecular complexity index is 1970. The third-order valence-corrected chi connectivity index (χ3v) is 13.2. The highest BCUT2D eigenvalue weighted by Gasteiger charge is 2.49. The molecular weight excluding hydrogens is 717 g/mol. The number of aliphatic imine (C=N–C) groups is 1. The van der Waals surface area contributed by atoms with Crippen molar-refractivity contribution in [2.24, 2.45) is 28.2 Å². The van der Waals surface area contributed by atoms with Crippen molar-refractivity contribution in [1.29, 1.82) is 0 Å². The molecule has 296 valence electrons. The molecule has 2 fully saturated rings. The number of hydrogen-bond acceptors (Lipinski definition) is 10. The van der Waals surface area contributed by atoms with E-state index in [0.717, 1.165) is 49.8 Å². The lowest BCUT2D eigenvalue weighted by atomic mass is 9.84. The summed E-state index contributed by atoms with van der Waals surface area (Å²) in [4.78, 5) is 51.3. The second-order valence-corrected chi connectivity index (χ2v) is 17.8. The maximum absolute atomic E-state index is 14.2. The van der Waals surface area contributed by atoms with E-state index < -0.39 is 23.5 Å². The number of nitrogens with one attached hydrogen (secondary N) is 2. The van der Waals surface area contributed by atoms with E-state index in [2.05, 4.69) is 74.2 Å². The lowest BCUT2D eigenvalue weighted by Gasteiger charge is -2.35. The average molecular weight is 773 g/mol. The smallest absolute Gasteiger partial charge is 0.324 e. The van der Waals surface area contributed by atoms with Crippen molar-refractivity contribution in [3.8, 4) is 11.3 Å². The minimum absolute atomic E-state index is 0.0753. The molecule has 2 aromatic heterocycles. The second kappa shape index (κ2) is 16.0. The van der Waals surface area contributed by atoms with E-state index in [9.17, 15) is 14.4 Å². The number of fused-ring (bicyclic) bond motifs is 5. The van der Waals surface area contributed by atoms with Gasteiger partial charge in [-0.1, -0.05) is 33.8 Å². The van der Waals surface area contributed by atoms with Crippen molar-refractivity contribution in [1.82, 2.24) is 25.3 Å². The number of pyridine rings is 1. The number of ether oxygens (including phenoxy) is 3. The molecule has 12 nitrogen and oxygen atoms in total. The van der Waals surface area contributed by atoms with Gasteiger partial charge in [0.15, 0.2) is 0 Å². The van der Waals surface area contributed by atoms with Gasteiger partial charge >= 0.3 is 5.97 Å². The summed E-state index contributed by atoms with van der Waals surface area (Å²) in [6.07, 6.45) is 3.55. The summed E-state index contributed by atoms with van der Waals surface area (Å²) in [7, 11) is 3.43. The normalized spacial score (nSPS) is 27.9. The Kier molecular flexibility index (Phi) is 11.5. The van der Waals surface area contributed by atoms with Gasteiger partial charge in [0.2, 0.25) is 5.91 Å². The van der Waals surface area contributed by atoms with E-state index in [1.165, 1.54) is 5.01 Å². The highest BCUT2D eigenvalue weighted by molar-refractivity contribution is 8.14. The van der Waals surface area contributed by atoms with Crippen LogP contribution in [-0.2, 0) is 41.6 Å². The Balaban J connectivity index is 1.36. The van der Waals surface area contributed by atoms with Crippen LogP contribution in [0.5, 0.6) is 0 Å². The van der Waals surface area contributed by atoms with Crippen molar-refractivity contribution in [2.75, 3.05) is 33.1 Å². The van der Waals surface area contributed by atoms with Crippen molar-refractivity contribution < 1.29 is 28.6 Å². The van der Waals surface area contributed by atoms with Crippen LogP contribution in [0.25, 0.3) is 22.2 Å². The molecule has 7 rings (SSSR count). The van der Waals surface area contributed by atoms with Crippen LogP contribution in [0.3, 0.4) is 0 Å². The zero-order chi connectivity index (χ0) is 39.2. The van der Waals surface area contributed by atoms with E-state index in [1.54, 1.807) is 32.2 Å². The molecule has 55 heavy (non-hydrogen) atoms. The first-order valence-electron chi connectivity index (χ1n) is 19.7. The first-order chi connectivity index (χ1) is 26.3. The van der Waals surface area contributed by atoms with Gasteiger partial charge in [-0.2, -0.15) is 0 Å². The molecule has 1 saturated heterocycles. The topological polar surface area (TPSA) is 136 Å². The molecular formula is C42H56N6O6S. The van der Waals surface area contributed by atoms with Crippen LogP contribution in [0.2, 0.25) is 0 Å². The van der Waals surface area contributed by atoms with E-state index in [0.29, 0.717) is 32.4 Å². The zero-order valence-electron chi connectivity index (χ0n) is 33.4. The molecule has 3 aromatic rings. The predicted molar refractivity (Wildman–Crippen MR) is 214 cm³/mol. The number of aromatic nitrogens is 2. The summed E-state index contributed by atoms with van der Waals surface area (Å²) >= 11 is 1.64. The molecule has 0 spiro atoms. The predicted octanol–water partition coefficient (Wildman–Crippen LogP) is 6.03. The molecule has 3 aliphatic heterocycles. The average Bonchev–Trinajstić information content (AvgIpc) is 3.45. The van der Waals surface area contributed by atoms with Crippen LogP contribution in [0.4, 0.5) is 0 Å². The Morgan fingerprint density at radius 2 is 1.93 bits per heavy atom. The van der Waals surface area contributed by atoms with E-state index in [1.807, 2.05) is 13.0 Å². The van der Waals surface area contributed by atoms with E-state index in [-0.39, 0.29) is 60.8 Å². The maximum Gasteiger partial charge on any atom is 0.324 e. The first kappa shape index (κ1) is 39.5. The van der Waals surface area contributed by atoms with Gasteiger partial charge in [0.05, 0.1) is 41.3 Å². The highest BCUT2D eigenvalue weighted by Crippen LogP contribution is 2.46. The number of cyclic esters (lactones) is 1. The van der Waals surface area contributed by atoms with Gasteiger partial charge < -0.3 is 24.1 Å². The fourth-order valence-electron chi connectivity index (χ4n) is 8.40. The summed E-state index contributed by atoms with van der Waals surface area (Å²) in [6, 6.07) is 9.07. The van der Waals surface area contributed by atoms with Gasteiger partial charge in [-0.25, -0.2) is 5.43 Å². The highest BCUT2D eigenvalue weighted by atomic mass is 32.2. The monoisotopic (exact) mass is 772 g/mol. The molecule has 1 saturated carbocycles. The van der Waals surface area contributed by atoms with Crippen molar-refractivity contribution >= 4 is 45.5 Å². The van der Waals surface area contributed by atoms with Crippen LogP contribution in [0.15, 0.2) is 41.5 Å². The van der Waals surface area contributed by atoms with Crippen LogP contribution < -0.4 is 10.7 Å². The third kappa shape index (κ3) is 8.08. The van der Waals surface area contributed by atoms with Crippen LogP contribution in [-0.4, -0.2) is 88.7 Å². The summed E-state index contributed by atoms with van der Waals surface area (Å²) in [6.45, 7) is 13.7.